The Bertz CT molecular complexity index is 563. The van der Waals surface area contributed by atoms with Crippen molar-refractivity contribution in [3.8, 4) is 12.1 Å². The maximum atomic E-state index is 11.9. The molecule has 0 saturated carbocycles. The Labute approximate surface area is 111 Å². The van der Waals surface area contributed by atoms with Crippen molar-refractivity contribution in [2.24, 2.45) is 5.92 Å². The quantitative estimate of drug-likeness (QED) is 0.811. The molecule has 2 heterocycles. The fourth-order valence-electron chi connectivity index (χ4n) is 2.46. The molecule has 1 aliphatic rings. The number of amides is 1. The molecule has 6 nitrogen and oxygen atoms in total. The lowest BCUT2D eigenvalue weighted by Gasteiger charge is -2.17. The van der Waals surface area contributed by atoms with Crippen molar-refractivity contribution in [1.29, 1.82) is 10.5 Å². The largest absolute Gasteiger partial charge is 0.324 e. The van der Waals surface area contributed by atoms with E-state index in [9.17, 15) is 4.79 Å². The molecule has 0 bridgehead atoms. The van der Waals surface area contributed by atoms with Gasteiger partial charge in [0, 0.05) is 13.0 Å². The van der Waals surface area contributed by atoms with Gasteiger partial charge in [-0.05, 0) is 12.3 Å². The Hall–Kier alpha value is -2.34. The van der Waals surface area contributed by atoms with Gasteiger partial charge in [-0.15, -0.1) is 0 Å². The second-order valence-electron chi connectivity index (χ2n) is 4.75. The summed E-state index contributed by atoms with van der Waals surface area (Å²) in [4.78, 5) is 17.5. The smallest absolute Gasteiger partial charge is 0.224 e. The first-order chi connectivity index (χ1) is 9.19. The molecule has 98 valence electrons. The molecule has 6 heteroatoms. The molecule has 1 aromatic heterocycles. The van der Waals surface area contributed by atoms with Crippen molar-refractivity contribution >= 4 is 5.91 Å². The fraction of sp³-hybridized carbons (Fsp3) is 0.538. The van der Waals surface area contributed by atoms with Crippen molar-refractivity contribution in [2.45, 2.75) is 32.9 Å². The van der Waals surface area contributed by atoms with Crippen LogP contribution in [0, 0.1) is 28.6 Å². The highest BCUT2D eigenvalue weighted by molar-refractivity contribution is 5.78. The maximum Gasteiger partial charge on any atom is 0.224 e. The number of aromatic nitrogens is 2. The van der Waals surface area contributed by atoms with Gasteiger partial charge in [0.25, 0.3) is 0 Å². The molecule has 2 rings (SSSR count). The van der Waals surface area contributed by atoms with Crippen LogP contribution >= 0.6 is 0 Å². The summed E-state index contributed by atoms with van der Waals surface area (Å²) in [5.41, 5.74) is 0.327. The molecule has 1 unspecified atom stereocenters. The van der Waals surface area contributed by atoms with Gasteiger partial charge in [-0.3, -0.25) is 4.79 Å². The fourth-order valence-corrected chi connectivity index (χ4v) is 2.46. The van der Waals surface area contributed by atoms with Gasteiger partial charge in [0.2, 0.25) is 5.91 Å². The van der Waals surface area contributed by atoms with Crippen LogP contribution in [0.25, 0.3) is 0 Å². The van der Waals surface area contributed by atoms with Crippen molar-refractivity contribution in [3.05, 3.63) is 17.7 Å². The molecule has 1 aliphatic heterocycles. The zero-order valence-corrected chi connectivity index (χ0v) is 10.8. The van der Waals surface area contributed by atoms with E-state index >= 15 is 0 Å². The third kappa shape index (κ3) is 2.58. The topological polar surface area (TPSA) is 85.7 Å². The Morgan fingerprint density at radius 1 is 1.47 bits per heavy atom. The normalized spacial score (nSPS) is 18.4. The molecule has 0 spiro atoms. The molecule has 1 saturated heterocycles. The van der Waals surface area contributed by atoms with Crippen LogP contribution < -0.4 is 0 Å². The van der Waals surface area contributed by atoms with E-state index in [1.54, 1.807) is 9.47 Å². The van der Waals surface area contributed by atoms with Crippen molar-refractivity contribution < 1.29 is 4.79 Å². The van der Waals surface area contributed by atoms with Gasteiger partial charge in [-0.2, -0.15) is 10.5 Å². The first-order valence-corrected chi connectivity index (χ1v) is 6.32. The van der Waals surface area contributed by atoms with E-state index in [2.05, 4.69) is 11.9 Å². The lowest BCUT2D eigenvalue weighted by atomic mass is 10.0. The Kier molecular flexibility index (Phi) is 3.82. The SMILES string of the molecule is CCCC1CC(=O)N(Cn2cnc(C#N)c2C#N)C1. The summed E-state index contributed by atoms with van der Waals surface area (Å²) in [6.45, 7) is 3.13. The van der Waals surface area contributed by atoms with Gasteiger partial charge in [0.1, 0.15) is 12.1 Å². The number of carbonyl (C=O) groups excluding carboxylic acids is 1. The lowest BCUT2D eigenvalue weighted by molar-refractivity contribution is -0.129. The highest BCUT2D eigenvalue weighted by atomic mass is 16.2. The van der Waals surface area contributed by atoms with E-state index < -0.39 is 0 Å². The molecule has 0 aromatic carbocycles. The molecule has 1 amide bonds. The zero-order valence-electron chi connectivity index (χ0n) is 10.8. The Morgan fingerprint density at radius 2 is 2.26 bits per heavy atom. The van der Waals surface area contributed by atoms with Crippen molar-refractivity contribution in [1.82, 2.24) is 14.5 Å². The number of nitrogens with zero attached hydrogens (tertiary/aromatic N) is 5. The van der Waals surface area contributed by atoms with Crippen LogP contribution in [0.2, 0.25) is 0 Å². The van der Waals surface area contributed by atoms with Crippen molar-refractivity contribution in [2.75, 3.05) is 6.54 Å². The minimum Gasteiger partial charge on any atom is -0.324 e. The second kappa shape index (κ2) is 5.53. The molecule has 1 fully saturated rings. The second-order valence-corrected chi connectivity index (χ2v) is 4.75. The van der Waals surface area contributed by atoms with E-state index in [0.717, 1.165) is 19.4 Å². The minimum atomic E-state index is 0.106. The van der Waals surface area contributed by atoms with Crippen LogP contribution in [-0.4, -0.2) is 26.9 Å². The number of rotatable bonds is 4. The Morgan fingerprint density at radius 3 is 2.89 bits per heavy atom. The predicted octanol–water partition coefficient (Wildman–Crippen LogP) is 1.23. The molecular weight excluding hydrogens is 242 g/mol. The molecule has 1 atom stereocenters. The number of hydrogen-bond acceptors (Lipinski definition) is 4. The van der Waals surface area contributed by atoms with E-state index in [1.807, 2.05) is 12.1 Å². The predicted molar refractivity (Wildman–Crippen MR) is 66.4 cm³/mol. The summed E-state index contributed by atoms with van der Waals surface area (Å²) < 4.78 is 1.56. The highest BCUT2D eigenvalue weighted by Crippen LogP contribution is 2.23. The third-order valence-electron chi connectivity index (χ3n) is 3.36. The van der Waals surface area contributed by atoms with Crippen LogP contribution in [0.15, 0.2) is 6.33 Å². The van der Waals surface area contributed by atoms with Crippen LogP contribution in [-0.2, 0) is 11.5 Å². The van der Waals surface area contributed by atoms with Crippen LogP contribution in [0.5, 0.6) is 0 Å². The lowest BCUT2D eigenvalue weighted by Crippen LogP contribution is -2.28. The molecule has 19 heavy (non-hydrogen) atoms. The van der Waals surface area contributed by atoms with Gasteiger partial charge in [0.05, 0.1) is 13.0 Å². The minimum absolute atomic E-state index is 0.106. The van der Waals surface area contributed by atoms with Gasteiger partial charge in [-0.25, -0.2) is 4.98 Å². The van der Waals surface area contributed by atoms with E-state index in [4.69, 9.17) is 10.5 Å². The van der Waals surface area contributed by atoms with Gasteiger partial charge >= 0.3 is 0 Å². The van der Waals surface area contributed by atoms with Crippen molar-refractivity contribution in [3.63, 3.8) is 0 Å². The average Bonchev–Trinajstić information content (AvgIpc) is 2.94. The summed E-state index contributed by atoms with van der Waals surface area (Å²) in [6, 6.07) is 3.83. The van der Waals surface area contributed by atoms with E-state index in [1.165, 1.54) is 6.33 Å². The first-order valence-electron chi connectivity index (χ1n) is 6.32. The molecule has 0 N–H and O–H groups in total. The summed E-state index contributed by atoms with van der Waals surface area (Å²) in [6.07, 6.45) is 4.13. The Balaban J connectivity index is 2.11. The number of likely N-dealkylation sites (tertiary alicyclic amines) is 1. The van der Waals surface area contributed by atoms with E-state index in [0.29, 0.717) is 19.0 Å². The average molecular weight is 257 g/mol. The van der Waals surface area contributed by atoms with Crippen LogP contribution in [0.3, 0.4) is 0 Å². The number of imidazole rings is 1. The van der Waals surface area contributed by atoms with Gasteiger partial charge < -0.3 is 9.47 Å². The van der Waals surface area contributed by atoms with Gasteiger partial charge in [0.15, 0.2) is 11.4 Å². The highest BCUT2D eigenvalue weighted by Gasteiger charge is 2.29. The number of hydrogen-bond donors (Lipinski definition) is 0. The zero-order chi connectivity index (χ0) is 13.8. The summed E-state index contributed by atoms with van der Waals surface area (Å²) in [5.74, 6) is 0.511. The van der Waals surface area contributed by atoms with Gasteiger partial charge in [-0.1, -0.05) is 13.3 Å². The molecule has 1 aromatic rings. The maximum absolute atomic E-state index is 11.9. The number of carbonyl (C=O) groups is 1. The monoisotopic (exact) mass is 257 g/mol. The van der Waals surface area contributed by atoms with Crippen LogP contribution in [0.1, 0.15) is 37.6 Å². The molecule has 0 radical (unpaired) electrons. The summed E-state index contributed by atoms with van der Waals surface area (Å²) in [5, 5.41) is 17.9. The standard InChI is InChI=1S/C13H15N5O/c1-2-3-10-4-13(19)17(7-10)9-18-8-16-11(5-14)12(18)6-15/h8,10H,2-4,7,9H2,1H3. The molecular formula is C13H15N5O. The first kappa shape index (κ1) is 13.1. The van der Waals surface area contributed by atoms with E-state index in [-0.39, 0.29) is 17.3 Å². The third-order valence-corrected chi connectivity index (χ3v) is 3.36. The molecule has 0 aliphatic carbocycles. The summed E-state index contributed by atoms with van der Waals surface area (Å²) in [7, 11) is 0. The van der Waals surface area contributed by atoms with Crippen LogP contribution in [0.4, 0.5) is 0 Å². The number of nitriles is 2. The summed E-state index contributed by atoms with van der Waals surface area (Å²) >= 11 is 0.